The third-order valence-corrected chi connectivity index (χ3v) is 3.74. The molecule has 0 saturated heterocycles. The quantitative estimate of drug-likeness (QED) is 0.777. The first-order chi connectivity index (χ1) is 9.65. The molecular formula is C18H24N2. The van der Waals surface area contributed by atoms with Crippen LogP contribution in [0.3, 0.4) is 0 Å². The molecule has 0 aliphatic heterocycles. The summed E-state index contributed by atoms with van der Waals surface area (Å²) in [6, 6.07) is 10.8. The summed E-state index contributed by atoms with van der Waals surface area (Å²) in [5.74, 6) is 0. The van der Waals surface area contributed by atoms with Crippen LogP contribution in [0.25, 0.3) is 10.9 Å². The number of nitrogens with zero attached hydrogens (tertiary/aromatic N) is 1. The van der Waals surface area contributed by atoms with E-state index in [0.717, 1.165) is 30.6 Å². The Morgan fingerprint density at radius 1 is 1.30 bits per heavy atom. The lowest BCUT2D eigenvalue weighted by atomic mass is 9.99. The molecule has 0 aliphatic rings. The van der Waals surface area contributed by atoms with Crippen LogP contribution in [0.1, 0.15) is 44.0 Å². The zero-order chi connectivity index (χ0) is 14.5. The standard InChI is InChI=1S/C18H24N2/c1-5-13(3)11-17(19-6-2)18-12-14(4)15-9-7-8-10-16(15)20-18/h7-10,12,17,19H,3,5-6,11H2,1-2,4H3. The van der Waals surface area contributed by atoms with E-state index >= 15 is 0 Å². The smallest absolute Gasteiger partial charge is 0.0708 e. The van der Waals surface area contributed by atoms with Gasteiger partial charge in [-0.05, 0) is 44.0 Å². The number of fused-ring (bicyclic) bond motifs is 1. The lowest BCUT2D eigenvalue weighted by Crippen LogP contribution is -2.22. The Kier molecular flexibility index (Phi) is 4.91. The van der Waals surface area contributed by atoms with Crippen LogP contribution in [0.4, 0.5) is 0 Å². The van der Waals surface area contributed by atoms with Crippen molar-refractivity contribution in [2.75, 3.05) is 6.54 Å². The van der Waals surface area contributed by atoms with Crippen LogP contribution >= 0.6 is 0 Å². The number of hydrogen-bond donors (Lipinski definition) is 1. The van der Waals surface area contributed by atoms with E-state index in [1.165, 1.54) is 16.5 Å². The van der Waals surface area contributed by atoms with Gasteiger partial charge in [0.05, 0.1) is 17.3 Å². The van der Waals surface area contributed by atoms with Crippen molar-refractivity contribution in [2.24, 2.45) is 0 Å². The van der Waals surface area contributed by atoms with E-state index < -0.39 is 0 Å². The molecule has 1 atom stereocenters. The fourth-order valence-corrected chi connectivity index (χ4v) is 2.51. The summed E-state index contributed by atoms with van der Waals surface area (Å²) in [4.78, 5) is 4.84. The molecular weight excluding hydrogens is 244 g/mol. The number of rotatable bonds is 6. The second kappa shape index (κ2) is 6.67. The second-order valence-corrected chi connectivity index (χ2v) is 5.30. The Morgan fingerprint density at radius 3 is 2.75 bits per heavy atom. The SMILES string of the molecule is C=C(CC)CC(NCC)c1cc(C)c2ccccc2n1. The van der Waals surface area contributed by atoms with Crippen molar-refractivity contribution < 1.29 is 0 Å². The highest BCUT2D eigenvalue weighted by molar-refractivity contribution is 5.82. The summed E-state index contributed by atoms with van der Waals surface area (Å²) >= 11 is 0. The number of pyridine rings is 1. The fourth-order valence-electron chi connectivity index (χ4n) is 2.51. The maximum Gasteiger partial charge on any atom is 0.0708 e. The van der Waals surface area contributed by atoms with E-state index in [-0.39, 0.29) is 6.04 Å². The summed E-state index contributed by atoms with van der Waals surface area (Å²) in [5, 5.41) is 4.77. The molecule has 1 aromatic heterocycles. The van der Waals surface area contributed by atoms with Gasteiger partial charge in [0.1, 0.15) is 0 Å². The first kappa shape index (κ1) is 14.7. The molecule has 1 aromatic carbocycles. The second-order valence-electron chi connectivity index (χ2n) is 5.30. The van der Waals surface area contributed by atoms with Crippen molar-refractivity contribution in [3.63, 3.8) is 0 Å². The van der Waals surface area contributed by atoms with Crippen molar-refractivity contribution in [2.45, 2.75) is 39.7 Å². The minimum Gasteiger partial charge on any atom is -0.309 e. The van der Waals surface area contributed by atoms with Crippen molar-refractivity contribution in [3.8, 4) is 0 Å². The van der Waals surface area contributed by atoms with E-state index in [9.17, 15) is 0 Å². The lowest BCUT2D eigenvalue weighted by Gasteiger charge is -2.19. The maximum absolute atomic E-state index is 4.84. The molecule has 2 rings (SSSR count). The monoisotopic (exact) mass is 268 g/mol. The summed E-state index contributed by atoms with van der Waals surface area (Å²) in [5.41, 5.74) is 4.75. The van der Waals surface area contributed by atoms with Gasteiger partial charge in [-0.2, -0.15) is 0 Å². The summed E-state index contributed by atoms with van der Waals surface area (Å²) in [6.45, 7) is 11.5. The van der Waals surface area contributed by atoms with Crippen LogP contribution < -0.4 is 5.32 Å². The Morgan fingerprint density at radius 2 is 2.05 bits per heavy atom. The highest BCUT2D eigenvalue weighted by Crippen LogP contribution is 2.25. The maximum atomic E-state index is 4.84. The van der Waals surface area contributed by atoms with Gasteiger partial charge in [-0.15, -0.1) is 0 Å². The minimum atomic E-state index is 0.260. The molecule has 1 heterocycles. The molecule has 0 fully saturated rings. The molecule has 20 heavy (non-hydrogen) atoms. The average Bonchev–Trinajstić information content (AvgIpc) is 2.46. The molecule has 106 valence electrons. The van der Waals surface area contributed by atoms with Crippen LogP contribution in [-0.4, -0.2) is 11.5 Å². The average molecular weight is 268 g/mol. The van der Waals surface area contributed by atoms with Crippen LogP contribution in [0.15, 0.2) is 42.5 Å². The number of nitrogens with one attached hydrogen (secondary N) is 1. The number of aromatic nitrogens is 1. The van der Waals surface area contributed by atoms with Gasteiger partial charge in [-0.1, -0.05) is 44.2 Å². The van der Waals surface area contributed by atoms with E-state index in [1.807, 2.05) is 6.07 Å². The number of hydrogen-bond acceptors (Lipinski definition) is 2. The van der Waals surface area contributed by atoms with Crippen LogP contribution in [-0.2, 0) is 0 Å². The van der Waals surface area contributed by atoms with Gasteiger partial charge in [-0.25, -0.2) is 0 Å². The van der Waals surface area contributed by atoms with E-state index in [1.54, 1.807) is 0 Å². The number of para-hydroxylation sites is 1. The lowest BCUT2D eigenvalue weighted by molar-refractivity contribution is 0.531. The molecule has 0 aliphatic carbocycles. The van der Waals surface area contributed by atoms with Gasteiger partial charge in [0.15, 0.2) is 0 Å². The first-order valence-electron chi connectivity index (χ1n) is 7.42. The zero-order valence-corrected chi connectivity index (χ0v) is 12.7. The molecule has 2 nitrogen and oxygen atoms in total. The highest BCUT2D eigenvalue weighted by atomic mass is 14.9. The van der Waals surface area contributed by atoms with Gasteiger partial charge < -0.3 is 5.32 Å². The Labute approximate surface area is 121 Å². The first-order valence-corrected chi connectivity index (χ1v) is 7.42. The summed E-state index contributed by atoms with van der Waals surface area (Å²) in [6.07, 6.45) is 1.98. The van der Waals surface area contributed by atoms with Crippen LogP contribution in [0.2, 0.25) is 0 Å². The van der Waals surface area contributed by atoms with Crippen molar-refractivity contribution in [1.29, 1.82) is 0 Å². The van der Waals surface area contributed by atoms with Crippen LogP contribution in [0.5, 0.6) is 0 Å². The number of aryl methyl sites for hydroxylation is 1. The summed E-state index contributed by atoms with van der Waals surface area (Å²) < 4.78 is 0. The van der Waals surface area contributed by atoms with Gasteiger partial charge >= 0.3 is 0 Å². The molecule has 0 radical (unpaired) electrons. The van der Waals surface area contributed by atoms with E-state index in [4.69, 9.17) is 4.98 Å². The molecule has 0 spiro atoms. The van der Waals surface area contributed by atoms with Crippen molar-refractivity contribution >= 4 is 10.9 Å². The van der Waals surface area contributed by atoms with Gasteiger partial charge in [0.2, 0.25) is 0 Å². The zero-order valence-electron chi connectivity index (χ0n) is 12.7. The Hall–Kier alpha value is -1.67. The van der Waals surface area contributed by atoms with Gasteiger partial charge in [0.25, 0.3) is 0 Å². The molecule has 1 N–H and O–H groups in total. The Bertz CT molecular complexity index is 601. The van der Waals surface area contributed by atoms with E-state index in [0.29, 0.717) is 0 Å². The van der Waals surface area contributed by atoms with Crippen molar-refractivity contribution in [3.05, 3.63) is 53.7 Å². The minimum absolute atomic E-state index is 0.260. The predicted octanol–water partition coefficient (Wildman–Crippen LogP) is 4.55. The third-order valence-electron chi connectivity index (χ3n) is 3.74. The van der Waals surface area contributed by atoms with Crippen molar-refractivity contribution in [1.82, 2.24) is 10.3 Å². The van der Waals surface area contributed by atoms with E-state index in [2.05, 4.69) is 56.9 Å². The Balaban J connectivity index is 2.39. The van der Waals surface area contributed by atoms with Gasteiger partial charge in [-0.3, -0.25) is 4.98 Å². The topological polar surface area (TPSA) is 24.9 Å². The summed E-state index contributed by atoms with van der Waals surface area (Å²) in [7, 11) is 0. The van der Waals surface area contributed by atoms with Gasteiger partial charge in [0, 0.05) is 5.39 Å². The molecule has 2 aromatic rings. The fraction of sp³-hybridized carbons (Fsp3) is 0.389. The highest BCUT2D eigenvalue weighted by Gasteiger charge is 2.14. The normalized spacial score (nSPS) is 12.6. The largest absolute Gasteiger partial charge is 0.309 e. The molecule has 0 saturated carbocycles. The predicted molar refractivity (Wildman–Crippen MR) is 86.9 cm³/mol. The van der Waals surface area contributed by atoms with Crippen LogP contribution in [0, 0.1) is 6.92 Å². The molecule has 0 amide bonds. The number of benzene rings is 1. The molecule has 0 bridgehead atoms. The molecule has 1 unspecified atom stereocenters. The molecule has 2 heteroatoms. The third kappa shape index (κ3) is 3.26.